The van der Waals surface area contributed by atoms with Crippen LogP contribution in [0.15, 0.2) is 57.3 Å². The smallest absolute Gasteiger partial charge is 0.859 e. The summed E-state index contributed by atoms with van der Waals surface area (Å²) in [4.78, 5) is 0. The summed E-state index contributed by atoms with van der Waals surface area (Å²) in [6.07, 6.45) is 0. The van der Waals surface area contributed by atoms with Crippen LogP contribution in [0, 0.1) is 0 Å². The Balaban J connectivity index is 0.000000608. The molecule has 2 aromatic rings. The monoisotopic (exact) mass is 573 g/mol. The van der Waals surface area contributed by atoms with Crippen molar-refractivity contribution in [2.75, 3.05) is 0 Å². The third kappa shape index (κ3) is 6.30. The summed E-state index contributed by atoms with van der Waals surface area (Å²) in [7, 11) is -7.75. The van der Waals surface area contributed by atoms with Gasteiger partial charge in [0.05, 0.1) is 10.7 Å². The maximum absolute atomic E-state index is 12.0. The largest absolute Gasteiger partial charge is 2.00 e. The molecule has 2 aliphatic rings. The van der Waals surface area contributed by atoms with Crippen molar-refractivity contribution in [1.29, 1.82) is 0 Å². The Hall–Kier alpha value is -2.69. The molecule has 15 heteroatoms. The first-order valence-electron chi connectivity index (χ1n) is 9.68. The molecule has 0 bridgehead atoms. The molecule has 12 nitrogen and oxygen atoms in total. The van der Waals surface area contributed by atoms with Gasteiger partial charge in [-0.3, -0.25) is 8.61 Å². The molecular formula is C20H26CoN4O8S2. The van der Waals surface area contributed by atoms with E-state index in [2.05, 4.69) is 8.80 Å². The van der Waals surface area contributed by atoms with Gasteiger partial charge in [0.1, 0.15) is 0 Å². The molecule has 0 spiro atoms. The average Bonchev–Trinajstić information content (AvgIpc) is 2.66. The molecular weight excluding hydrogens is 547 g/mol. The van der Waals surface area contributed by atoms with Gasteiger partial charge in [0.15, 0.2) is 0 Å². The maximum Gasteiger partial charge on any atom is 2.00 e. The number of benzene rings is 2. The fraction of sp³-hybridized carbons (Fsp3) is 0.300. The molecule has 4 rings (SSSR count). The van der Waals surface area contributed by atoms with Crippen LogP contribution in [-0.4, -0.2) is 48.5 Å². The van der Waals surface area contributed by atoms with Crippen LogP contribution in [0.4, 0.5) is 0 Å². The number of rotatable bonds is 2. The van der Waals surface area contributed by atoms with Crippen LogP contribution in [0.3, 0.4) is 0 Å². The summed E-state index contributed by atoms with van der Waals surface area (Å²) in [6.45, 7) is 6.55. The average molecular weight is 574 g/mol. The van der Waals surface area contributed by atoms with Crippen molar-refractivity contribution in [3.63, 3.8) is 0 Å². The van der Waals surface area contributed by atoms with E-state index in [0.29, 0.717) is 10.4 Å². The van der Waals surface area contributed by atoms with Gasteiger partial charge >= 0.3 is 37.2 Å². The van der Waals surface area contributed by atoms with Gasteiger partial charge in [-0.15, -0.1) is 8.80 Å². The molecule has 35 heavy (non-hydrogen) atoms. The van der Waals surface area contributed by atoms with Gasteiger partial charge < -0.3 is 21.2 Å². The van der Waals surface area contributed by atoms with E-state index in [1.54, 1.807) is 64.1 Å². The molecule has 0 saturated heterocycles. The molecule has 4 N–H and O–H groups in total. The van der Waals surface area contributed by atoms with Crippen molar-refractivity contribution >= 4 is 32.2 Å². The molecule has 2 heterocycles. The van der Waals surface area contributed by atoms with Crippen molar-refractivity contribution < 1.29 is 54.8 Å². The Morgan fingerprint density at radius 2 is 0.943 bits per heavy atom. The Kier molecular flexibility index (Phi) is 10.9. The number of fused-ring (bicyclic) bond motifs is 2. The Morgan fingerprint density at radius 1 is 0.657 bits per heavy atom. The topological polar surface area (TPSA) is 209 Å². The molecule has 0 amide bonds. The van der Waals surface area contributed by atoms with Gasteiger partial charge in [-0.25, -0.2) is 0 Å². The third-order valence-electron chi connectivity index (χ3n) is 4.53. The normalized spacial score (nSPS) is 16.6. The number of nitrogens with zero attached hydrogens (tertiary/aromatic N) is 4. The quantitative estimate of drug-likeness (QED) is 0.347. The molecule has 0 saturated carbocycles. The fourth-order valence-electron chi connectivity index (χ4n) is 3.25. The van der Waals surface area contributed by atoms with Crippen LogP contribution in [0.2, 0.25) is 0 Å². The Bertz CT molecular complexity index is 1400. The Morgan fingerprint density at radius 3 is 1.23 bits per heavy atom. The fourth-order valence-corrected chi connectivity index (χ4v) is 5.93. The molecule has 0 aliphatic carbocycles. The minimum atomic E-state index is -3.88. The van der Waals surface area contributed by atoms with E-state index >= 15 is 0 Å². The van der Waals surface area contributed by atoms with Gasteiger partial charge in [-0.1, -0.05) is 36.4 Å². The molecule has 2 aliphatic heterocycles. The SMILES string of the molecule is CC(C)N1C([O-])=c2ccccc2=NS1(=O)=O.CC(C)N1C([O-])=c2ccccc2=NS1(=O)=O.O.O.[Co+2]. The summed E-state index contributed by atoms with van der Waals surface area (Å²) in [6, 6.07) is 12.0. The third-order valence-corrected chi connectivity index (χ3v) is 7.56. The second kappa shape index (κ2) is 11.8. The molecule has 0 aromatic heterocycles. The van der Waals surface area contributed by atoms with Crippen molar-refractivity contribution in [2.45, 2.75) is 39.8 Å². The van der Waals surface area contributed by atoms with Crippen LogP contribution < -0.4 is 31.4 Å². The van der Waals surface area contributed by atoms with E-state index in [4.69, 9.17) is 0 Å². The standard InChI is InChI=1S/2C10H12N2O3S.Co.2H2O/c2*1-7(2)12-10(13)8-5-3-4-6-9(8)11-16(12,14)15;;;/h2*3-7,13H,1-2H3;;2*1H2/q;;+2;;/p-2. The van der Waals surface area contributed by atoms with Gasteiger partial charge in [-0.05, 0) is 51.6 Å². The summed E-state index contributed by atoms with van der Waals surface area (Å²) in [5, 5.41) is 25.0. The van der Waals surface area contributed by atoms with E-state index in [1.807, 2.05) is 0 Å². The van der Waals surface area contributed by atoms with Crippen LogP contribution in [0.1, 0.15) is 27.7 Å². The molecule has 1 radical (unpaired) electrons. The van der Waals surface area contributed by atoms with Crippen molar-refractivity contribution in [3.8, 4) is 0 Å². The van der Waals surface area contributed by atoms with E-state index in [0.717, 1.165) is 8.61 Å². The predicted octanol–water partition coefficient (Wildman–Crippen LogP) is -4.25. The molecule has 2 aromatic carbocycles. The predicted molar refractivity (Wildman–Crippen MR) is 120 cm³/mol. The maximum atomic E-state index is 12.0. The van der Waals surface area contributed by atoms with Crippen LogP contribution in [0.25, 0.3) is 11.8 Å². The minimum absolute atomic E-state index is 0. The molecule has 0 fully saturated rings. The van der Waals surface area contributed by atoms with Gasteiger partial charge in [0.2, 0.25) is 0 Å². The van der Waals surface area contributed by atoms with E-state index in [-0.39, 0.29) is 38.4 Å². The summed E-state index contributed by atoms with van der Waals surface area (Å²) < 4.78 is 55.8. The number of hydrogen-bond donors (Lipinski definition) is 0. The van der Waals surface area contributed by atoms with Gasteiger partial charge in [-0.2, -0.15) is 16.8 Å². The van der Waals surface area contributed by atoms with Crippen molar-refractivity contribution in [1.82, 2.24) is 8.61 Å². The first-order valence-corrected chi connectivity index (χ1v) is 12.5. The van der Waals surface area contributed by atoms with Gasteiger partial charge in [0.25, 0.3) is 0 Å². The summed E-state index contributed by atoms with van der Waals surface area (Å²) >= 11 is 0. The van der Waals surface area contributed by atoms with E-state index in [1.165, 1.54) is 12.1 Å². The first kappa shape index (κ1) is 32.3. The zero-order valence-corrected chi connectivity index (χ0v) is 21.8. The molecule has 0 atom stereocenters. The van der Waals surface area contributed by atoms with E-state index < -0.39 is 44.3 Å². The van der Waals surface area contributed by atoms with Crippen molar-refractivity contribution in [2.24, 2.45) is 8.80 Å². The first-order chi connectivity index (χ1) is 14.9. The van der Waals surface area contributed by atoms with Crippen LogP contribution >= 0.6 is 0 Å². The van der Waals surface area contributed by atoms with Gasteiger partial charge in [0, 0.05) is 22.5 Å². The second-order valence-electron chi connectivity index (χ2n) is 7.56. The minimum Gasteiger partial charge on any atom is -0.859 e. The molecule has 195 valence electrons. The summed E-state index contributed by atoms with van der Waals surface area (Å²) in [5.74, 6) is -1.03. The number of hydrogen-bond acceptors (Lipinski definition) is 6. The zero-order chi connectivity index (χ0) is 23.8. The molecule has 0 unspecified atom stereocenters. The second-order valence-corrected chi connectivity index (χ2v) is 10.5. The summed E-state index contributed by atoms with van der Waals surface area (Å²) in [5.41, 5.74) is 0. The zero-order valence-electron chi connectivity index (χ0n) is 19.2. The van der Waals surface area contributed by atoms with E-state index in [9.17, 15) is 27.0 Å². The van der Waals surface area contributed by atoms with Crippen molar-refractivity contribution in [3.05, 3.63) is 69.7 Å². The van der Waals surface area contributed by atoms with Crippen LogP contribution in [0.5, 0.6) is 0 Å². The Labute approximate surface area is 213 Å². The van der Waals surface area contributed by atoms with Crippen LogP contribution in [-0.2, 0) is 37.2 Å².